The van der Waals surface area contributed by atoms with Crippen molar-refractivity contribution in [3.8, 4) is 0 Å². The van der Waals surface area contributed by atoms with Crippen LogP contribution >= 0.6 is 0 Å². The zero-order valence-corrected chi connectivity index (χ0v) is 15.3. The maximum Gasteiger partial charge on any atom is 0.242 e. The first-order chi connectivity index (χ1) is 12.2. The summed E-state index contributed by atoms with van der Waals surface area (Å²) in [4.78, 5) is 21.1. The monoisotopic (exact) mass is 344 g/mol. The second kappa shape index (κ2) is 8.29. The van der Waals surface area contributed by atoms with Crippen LogP contribution in [0.25, 0.3) is 0 Å². The Hall–Kier alpha value is -2.15. The molecule has 7 heteroatoms. The van der Waals surface area contributed by atoms with E-state index < -0.39 is 0 Å². The van der Waals surface area contributed by atoms with Crippen LogP contribution in [0.5, 0.6) is 0 Å². The lowest BCUT2D eigenvalue weighted by atomic mass is 10.3. The molecule has 1 amide bonds. The van der Waals surface area contributed by atoms with Gasteiger partial charge in [-0.1, -0.05) is 6.92 Å². The van der Waals surface area contributed by atoms with Gasteiger partial charge < -0.3 is 9.47 Å². The molecule has 0 unspecified atom stereocenters. The molecule has 2 aromatic heterocycles. The number of hydrogen-bond acceptors (Lipinski definition) is 4. The Kier molecular flexibility index (Phi) is 5.86. The van der Waals surface area contributed by atoms with Crippen molar-refractivity contribution in [2.45, 2.75) is 46.3 Å². The van der Waals surface area contributed by atoms with Crippen molar-refractivity contribution in [2.24, 2.45) is 0 Å². The van der Waals surface area contributed by atoms with Crippen LogP contribution in [0.1, 0.15) is 31.2 Å². The quantitative estimate of drug-likeness (QED) is 0.797. The van der Waals surface area contributed by atoms with Gasteiger partial charge in [0.15, 0.2) is 0 Å². The van der Waals surface area contributed by atoms with Crippen molar-refractivity contribution in [1.82, 2.24) is 29.1 Å². The van der Waals surface area contributed by atoms with Crippen molar-refractivity contribution in [1.29, 1.82) is 0 Å². The van der Waals surface area contributed by atoms with Crippen molar-refractivity contribution in [3.05, 3.63) is 36.2 Å². The van der Waals surface area contributed by atoms with E-state index in [0.717, 1.165) is 57.9 Å². The van der Waals surface area contributed by atoms with Crippen LogP contribution in [-0.2, 0) is 24.4 Å². The van der Waals surface area contributed by atoms with E-state index in [0.29, 0.717) is 6.54 Å². The predicted molar refractivity (Wildman–Crippen MR) is 96.0 cm³/mol. The molecular weight excluding hydrogens is 316 g/mol. The molecule has 3 rings (SSSR count). The highest BCUT2D eigenvalue weighted by Gasteiger charge is 2.20. The standard InChI is InChI=1S/C18H28N6O/c1-3-6-24-14-17(12-20-24)13-21-7-4-8-22(11-10-21)18(25)15-23-9-5-19-16(23)2/h5,9,12,14H,3-4,6-8,10-11,13,15H2,1-2H3. The summed E-state index contributed by atoms with van der Waals surface area (Å²) in [5.74, 6) is 1.06. The Bertz CT molecular complexity index is 691. The zero-order chi connectivity index (χ0) is 17.6. The van der Waals surface area contributed by atoms with Gasteiger partial charge >= 0.3 is 0 Å². The first kappa shape index (κ1) is 17.7. The molecule has 25 heavy (non-hydrogen) atoms. The summed E-state index contributed by atoms with van der Waals surface area (Å²) >= 11 is 0. The highest BCUT2D eigenvalue weighted by molar-refractivity contribution is 5.76. The van der Waals surface area contributed by atoms with E-state index in [1.165, 1.54) is 5.56 Å². The summed E-state index contributed by atoms with van der Waals surface area (Å²) in [5, 5.41) is 4.40. The lowest BCUT2D eigenvalue weighted by Crippen LogP contribution is -2.37. The third kappa shape index (κ3) is 4.69. The molecular formula is C18H28N6O. The minimum absolute atomic E-state index is 0.179. The molecule has 0 aliphatic carbocycles. The van der Waals surface area contributed by atoms with E-state index in [4.69, 9.17) is 0 Å². The number of carbonyl (C=O) groups excluding carboxylic acids is 1. The average molecular weight is 344 g/mol. The van der Waals surface area contributed by atoms with Gasteiger partial charge in [0.25, 0.3) is 0 Å². The van der Waals surface area contributed by atoms with Crippen LogP contribution in [0.15, 0.2) is 24.8 Å². The van der Waals surface area contributed by atoms with E-state index >= 15 is 0 Å². The lowest BCUT2D eigenvalue weighted by molar-refractivity contribution is -0.131. The fourth-order valence-corrected chi connectivity index (χ4v) is 3.29. The number of aryl methyl sites for hydroxylation is 2. The molecule has 1 saturated heterocycles. The number of aromatic nitrogens is 4. The molecule has 0 saturated carbocycles. The molecule has 0 radical (unpaired) electrons. The maximum absolute atomic E-state index is 12.6. The van der Waals surface area contributed by atoms with Crippen molar-refractivity contribution in [3.63, 3.8) is 0 Å². The highest BCUT2D eigenvalue weighted by atomic mass is 16.2. The highest BCUT2D eigenvalue weighted by Crippen LogP contribution is 2.10. The molecule has 2 aromatic rings. The summed E-state index contributed by atoms with van der Waals surface area (Å²) in [7, 11) is 0. The molecule has 7 nitrogen and oxygen atoms in total. The molecule has 1 aliphatic rings. The van der Waals surface area contributed by atoms with E-state index in [1.54, 1.807) is 6.20 Å². The number of rotatable bonds is 6. The average Bonchev–Trinajstić information content (AvgIpc) is 3.12. The first-order valence-electron chi connectivity index (χ1n) is 9.15. The summed E-state index contributed by atoms with van der Waals surface area (Å²) in [6, 6.07) is 0. The Morgan fingerprint density at radius 3 is 2.88 bits per heavy atom. The second-order valence-corrected chi connectivity index (χ2v) is 6.72. The Morgan fingerprint density at radius 2 is 2.12 bits per heavy atom. The first-order valence-corrected chi connectivity index (χ1v) is 9.15. The molecule has 136 valence electrons. The Balaban J connectivity index is 1.51. The summed E-state index contributed by atoms with van der Waals surface area (Å²) in [5.41, 5.74) is 1.25. The van der Waals surface area contributed by atoms with E-state index in [2.05, 4.69) is 28.1 Å². The molecule has 0 N–H and O–H groups in total. The number of amides is 1. The number of carbonyl (C=O) groups is 1. The van der Waals surface area contributed by atoms with Crippen LogP contribution in [0.3, 0.4) is 0 Å². The predicted octanol–water partition coefficient (Wildman–Crippen LogP) is 1.53. The zero-order valence-electron chi connectivity index (χ0n) is 15.3. The van der Waals surface area contributed by atoms with Gasteiger partial charge in [0.05, 0.1) is 6.20 Å². The Labute approximate surface area is 149 Å². The van der Waals surface area contributed by atoms with Gasteiger partial charge in [-0.15, -0.1) is 0 Å². The largest absolute Gasteiger partial charge is 0.340 e. The number of hydrogen-bond donors (Lipinski definition) is 0. The molecule has 1 aliphatic heterocycles. The lowest BCUT2D eigenvalue weighted by Gasteiger charge is -2.22. The van der Waals surface area contributed by atoms with Gasteiger partial charge in [0.1, 0.15) is 12.4 Å². The summed E-state index contributed by atoms with van der Waals surface area (Å²) in [6.45, 7) is 9.90. The van der Waals surface area contributed by atoms with E-state index in [1.807, 2.05) is 33.5 Å². The third-order valence-corrected chi connectivity index (χ3v) is 4.72. The van der Waals surface area contributed by atoms with E-state index in [9.17, 15) is 4.79 Å². The summed E-state index contributed by atoms with van der Waals surface area (Å²) in [6.07, 6.45) is 9.82. The van der Waals surface area contributed by atoms with Gasteiger partial charge in [0.2, 0.25) is 5.91 Å². The van der Waals surface area contributed by atoms with Crippen LogP contribution < -0.4 is 0 Å². The van der Waals surface area contributed by atoms with Gasteiger partial charge in [-0.05, 0) is 19.8 Å². The molecule has 1 fully saturated rings. The fourth-order valence-electron chi connectivity index (χ4n) is 3.29. The van der Waals surface area contributed by atoms with Gasteiger partial charge in [-0.2, -0.15) is 5.10 Å². The van der Waals surface area contributed by atoms with Gasteiger partial charge in [-0.25, -0.2) is 4.98 Å². The summed E-state index contributed by atoms with van der Waals surface area (Å²) < 4.78 is 3.92. The van der Waals surface area contributed by atoms with Crippen LogP contribution in [-0.4, -0.2) is 61.2 Å². The van der Waals surface area contributed by atoms with Gasteiger partial charge in [0, 0.05) is 63.4 Å². The molecule has 0 bridgehead atoms. The molecule has 3 heterocycles. The molecule has 0 spiro atoms. The molecule has 0 aromatic carbocycles. The topological polar surface area (TPSA) is 59.2 Å². The minimum atomic E-state index is 0.179. The molecule has 0 atom stereocenters. The number of imidazole rings is 1. The van der Waals surface area contributed by atoms with Crippen molar-refractivity contribution >= 4 is 5.91 Å². The maximum atomic E-state index is 12.6. The third-order valence-electron chi connectivity index (χ3n) is 4.72. The number of nitrogens with zero attached hydrogens (tertiary/aromatic N) is 6. The normalized spacial score (nSPS) is 16.2. The van der Waals surface area contributed by atoms with E-state index in [-0.39, 0.29) is 5.91 Å². The van der Waals surface area contributed by atoms with Crippen molar-refractivity contribution in [2.75, 3.05) is 26.2 Å². The fraction of sp³-hybridized carbons (Fsp3) is 0.611. The Morgan fingerprint density at radius 1 is 1.24 bits per heavy atom. The van der Waals surface area contributed by atoms with Crippen molar-refractivity contribution < 1.29 is 4.79 Å². The smallest absolute Gasteiger partial charge is 0.242 e. The van der Waals surface area contributed by atoms with Crippen LogP contribution in [0.4, 0.5) is 0 Å². The van der Waals surface area contributed by atoms with Crippen LogP contribution in [0, 0.1) is 6.92 Å². The SMILES string of the molecule is CCCn1cc(CN2CCCN(C(=O)Cn3ccnc3C)CC2)cn1. The van der Waals surface area contributed by atoms with Crippen LogP contribution in [0.2, 0.25) is 0 Å². The minimum Gasteiger partial charge on any atom is -0.340 e. The van der Waals surface area contributed by atoms with Gasteiger partial charge in [-0.3, -0.25) is 14.4 Å². The second-order valence-electron chi connectivity index (χ2n) is 6.72.